The Morgan fingerprint density at radius 3 is 1.50 bits per heavy atom. The van der Waals surface area contributed by atoms with Crippen LogP contribution in [0.5, 0.6) is 0 Å². The molecular formula is C28H58BrClO6Si2. The Bertz CT molecular complexity index is 696. The number of ether oxygens (including phenoxy) is 1. The van der Waals surface area contributed by atoms with Gasteiger partial charge in [0.25, 0.3) is 0 Å². The van der Waals surface area contributed by atoms with Gasteiger partial charge in [0.05, 0.1) is 24.6 Å². The molecule has 0 aromatic carbocycles. The largest absolute Gasteiger partial charge is 0.458 e. The number of aliphatic hydroxyl groups is 1. The van der Waals surface area contributed by atoms with E-state index in [2.05, 4.69) is 83.7 Å². The smallest absolute Gasteiger partial charge is 0.306 e. The summed E-state index contributed by atoms with van der Waals surface area (Å²) in [6.45, 7) is 28.8. The Hall–Kier alpha value is -0.296. The summed E-state index contributed by atoms with van der Waals surface area (Å²) in [5.74, 6) is -0.169. The highest BCUT2D eigenvalue weighted by atomic mass is 79.9. The van der Waals surface area contributed by atoms with Gasteiger partial charge in [-0.3, -0.25) is 9.59 Å². The van der Waals surface area contributed by atoms with Gasteiger partial charge in [0.2, 0.25) is 5.24 Å². The van der Waals surface area contributed by atoms with Crippen molar-refractivity contribution in [2.45, 2.75) is 125 Å². The summed E-state index contributed by atoms with van der Waals surface area (Å²) in [5, 5.41) is 9.38. The van der Waals surface area contributed by atoms with Gasteiger partial charge in [0.1, 0.15) is 6.10 Å². The molecule has 0 saturated carbocycles. The molecule has 228 valence electrons. The molecule has 0 heterocycles. The predicted octanol–water partition coefficient (Wildman–Crippen LogP) is 8.63. The van der Waals surface area contributed by atoms with Gasteiger partial charge in [-0.15, -0.1) is 0 Å². The summed E-state index contributed by atoms with van der Waals surface area (Å²) >= 11 is 7.61. The minimum Gasteiger partial charge on any atom is -0.458 e. The topological polar surface area (TPSA) is 82.1 Å². The second kappa shape index (κ2) is 21.5. The van der Waals surface area contributed by atoms with Crippen molar-refractivity contribution in [3.8, 4) is 0 Å². The zero-order chi connectivity index (χ0) is 30.1. The van der Waals surface area contributed by atoms with E-state index in [4.69, 9.17) is 30.3 Å². The van der Waals surface area contributed by atoms with Crippen molar-refractivity contribution >= 4 is 55.4 Å². The number of halogens is 2. The van der Waals surface area contributed by atoms with Crippen molar-refractivity contribution in [3.05, 3.63) is 24.3 Å². The van der Waals surface area contributed by atoms with Crippen molar-refractivity contribution < 1.29 is 28.3 Å². The molecule has 38 heavy (non-hydrogen) atoms. The summed E-state index contributed by atoms with van der Waals surface area (Å²) in [6.07, 6.45) is 7.32. The van der Waals surface area contributed by atoms with E-state index in [0.717, 1.165) is 0 Å². The van der Waals surface area contributed by atoms with Gasteiger partial charge < -0.3 is 18.7 Å². The first-order valence-corrected chi connectivity index (χ1v) is 20.1. The average molecular weight is 662 g/mol. The predicted molar refractivity (Wildman–Crippen MR) is 173 cm³/mol. The lowest BCUT2D eigenvalue weighted by Gasteiger charge is -2.35. The molecular weight excluding hydrogens is 604 g/mol. The molecule has 2 atom stereocenters. The molecule has 1 N–H and O–H groups in total. The number of esters is 1. The third kappa shape index (κ3) is 24.7. The van der Waals surface area contributed by atoms with Crippen LogP contribution in [0.1, 0.15) is 76.2 Å². The molecule has 0 spiro atoms. The van der Waals surface area contributed by atoms with Crippen molar-refractivity contribution in [1.82, 2.24) is 0 Å². The second-order valence-electron chi connectivity index (χ2n) is 11.8. The van der Waals surface area contributed by atoms with Gasteiger partial charge in [-0.1, -0.05) is 90.1 Å². The Kier molecular flexibility index (Phi) is 25.2. The fourth-order valence-electron chi connectivity index (χ4n) is 1.78. The molecule has 0 bridgehead atoms. The SMILES string of the molecule is C.CCC(=O)O[C@@H](C)/C=C\CO[Si](C)(C)C(C)(C)C.C[C@H](O)/C=C\CO[Si](C)(C)C(C)(C)C.O=C(Cl)CBr. The highest BCUT2D eigenvalue weighted by Crippen LogP contribution is 2.37. The monoisotopic (exact) mass is 660 g/mol. The van der Waals surface area contributed by atoms with Crippen LogP contribution in [-0.2, 0) is 23.2 Å². The number of alkyl halides is 1. The summed E-state index contributed by atoms with van der Waals surface area (Å²) in [5.41, 5.74) is 0. The van der Waals surface area contributed by atoms with E-state index >= 15 is 0 Å². The quantitative estimate of drug-likeness (QED) is 0.0785. The Morgan fingerprint density at radius 1 is 0.895 bits per heavy atom. The molecule has 0 unspecified atom stereocenters. The number of rotatable bonds is 11. The first kappa shape index (κ1) is 44.7. The van der Waals surface area contributed by atoms with Gasteiger partial charge in [0.15, 0.2) is 16.6 Å². The van der Waals surface area contributed by atoms with E-state index < -0.39 is 16.6 Å². The van der Waals surface area contributed by atoms with Gasteiger partial charge in [-0.05, 0) is 67.8 Å². The van der Waals surface area contributed by atoms with Crippen molar-refractivity contribution in [3.63, 3.8) is 0 Å². The van der Waals surface area contributed by atoms with Crippen LogP contribution in [0.15, 0.2) is 24.3 Å². The number of hydrogen-bond donors (Lipinski definition) is 1. The van der Waals surface area contributed by atoms with Crippen LogP contribution in [-0.4, -0.2) is 63.7 Å². The number of hydrogen-bond acceptors (Lipinski definition) is 6. The summed E-state index contributed by atoms with van der Waals surface area (Å²) in [6, 6.07) is 0. The molecule has 0 saturated heterocycles. The molecule has 6 nitrogen and oxygen atoms in total. The molecule has 0 rings (SSSR count). The second-order valence-corrected chi connectivity index (χ2v) is 22.4. The van der Waals surface area contributed by atoms with Gasteiger partial charge in [-0.2, -0.15) is 0 Å². The van der Waals surface area contributed by atoms with Crippen molar-refractivity contribution in [2.75, 3.05) is 18.5 Å². The summed E-state index contributed by atoms with van der Waals surface area (Å²) in [7, 11) is -3.28. The lowest BCUT2D eigenvalue weighted by Crippen LogP contribution is -2.40. The Labute approximate surface area is 250 Å². The maximum atomic E-state index is 11.1. The lowest BCUT2D eigenvalue weighted by atomic mass is 10.2. The molecule has 0 aliphatic heterocycles. The number of carbonyl (C=O) groups excluding carboxylic acids is 2. The fraction of sp³-hybridized carbons (Fsp3) is 0.786. The first-order chi connectivity index (χ1) is 16.5. The fourth-order valence-corrected chi connectivity index (χ4v) is 3.67. The molecule has 0 aromatic heterocycles. The average Bonchev–Trinajstić information content (AvgIpc) is 2.73. The molecule has 0 aliphatic rings. The molecule has 0 fully saturated rings. The van der Waals surface area contributed by atoms with Gasteiger partial charge in [0, 0.05) is 6.42 Å². The van der Waals surface area contributed by atoms with E-state index in [1.807, 2.05) is 25.2 Å². The van der Waals surface area contributed by atoms with Crippen LogP contribution < -0.4 is 0 Å². The van der Waals surface area contributed by atoms with Gasteiger partial charge in [-0.25, -0.2) is 0 Å². The molecule has 10 heteroatoms. The number of carbonyl (C=O) groups is 2. The van der Waals surface area contributed by atoms with Crippen LogP contribution in [0.2, 0.25) is 36.3 Å². The van der Waals surface area contributed by atoms with Gasteiger partial charge >= 0.3 is 5.97 Å². The van der Waals surface area contributed by atoms with E-state index in [-0.39, 0.29) is 46.3 Å². The molecule has 0 amide bonds. The highest BCUT2D eigenvalue weighted by Gasteiger charge is 2.37. The van der Waals surface area contributed by atoms with Crippen molar-refractivity contribution in [2.24, 2.45) is 0 Å². The Morgan fingerprint density at radius 2 is 1.24 bits per heavy atom. The summed E-state index contributed by atoms with van der Waals surface area (Å²) < 4.78 is 17.0. The molecule has 0 aliphatic carbocycles. The van der Waals surface area contributed by atoms with Crippen LogP contribution in [0, 0.1) is 0 Å². The first-order valence-electron chi connectivity index (χ1n) is 12.8. The third-order valence-corrected chi connectivity index (χ3v) is 16.2. The van der Waals surface area contributed by atoms with E-state index in [1.54, 1.807) is 19.9 Å². The van der Waals surface area contributed by atoms with Crippen LogP contribution >= 0.6 is 27.5 Å². The van der Waals surface area contributed by atoms with Crippen LogP contribution in [0.4, 0.5) is 0 Å². The standard InChI is InChI=1S/C14H28O3Si.C11H24O2Si.C2H2BrClO.CH4/c1-8-13(15)17-12(2)10-9-11-16-18(6,7)14(3,4)5;1-10(12)8-7-9-13-14(5,6)11(2,3)4;3-1-2(4)5;/h9-10,12H,8,11H2,1-7H3;7-8,10,12H,9H2,1-6H3;1H2;1H4/b10-9-;8-7-;;/t12-;10-;;/m00../s1. The Balaban J connectivity index is -0.000000257. The molecule has 0 radical (unpaired) electrons. The van der Waals surface area contributed by atoms with E-state index in [0.29, 0.717) is 19.6 Å². The van der Waals surface area contributed by atoms with Crippen molar-refractivity contribution in [1.29, 1.82) is 0 Å². The maximum Gasteiger partial charge on any atom is 0.306 e. The normalized spacial score (nSPS) is 14.0. The maximum absolute atomic E-state index is 11.1. The lowest BCUT2D eigenvalue weighted by molar-refractivity contribution is -0.145. The zero-order valence-corrected chi connectivity index (χ0v) is 29.9. The number of aliphatic hydroxyl groups excluding tert-OH is 1. The van der Waals surface area contributed by atoms with E-state index in [1.165, 1.54) is 0 Å². The van der Waals surface area contributed by atoms with Crippen LogP contribution in [0.25, 0.3) is 0 Å². The minimum atomic E-state index is -1.67. The zero-order valence-electron chi connectivity index (χ0n) is 25.5. The molecule has 0 aromatic rings. The van der Waals surface area contributed by atoms with Crippen LogP contribution in [0.3, 0.4) is 0 Å². The third-order valence-electron chi connectivity index (χ3n) is 6.23. The van der Waals surface area contributed by atoms with E-state index in [9.17, 15) is 9.59 Å². The highest BCUT2D eigenvalue weighted by molar-refractivity contribution is 9.09. The minimum absolute atomic E-state index is 0. The summed E-state index contributed by atoms with van der Waals surface area (Å²) in [4.78, 5) is 20.6.